The van der Waals surface area contributed by atoms with Crippen LogP contribution in [0.3, 0.4) is 0 Å². The lowest BCUT2D eigenvalue weighted by atomic mass is 9.83. The first-order valence-electron chi connectivity index (χ1n) is 10.6. The van der Waals surface area contributed by atoms with E-state index in [9.17, 15) is 15.2 Å². The predicted octanol–water partition coefficient (Wildman–Crippen LogP) is 2.65. The predicted molar refractivity (Wildman–Crippen MR) is 125 cm³/mol. The number of nitro benzene ring substituents is 1. The Morgan fingerprint density at radius 2 is 1.97 bits per heavy atom. The van der Waals surface area contributed by atoms with Gasteiger partial charge in [0.1, 0.15) is 11.9 Å². The number of aliphatic hydroxyl groups is 1. The Hall–Kier alpha value is -3.32. The zero-order valence-corrected chi connectivity index (χ0v) is 20.3. The van der Waals surface area contributed by atoms with Gasteiger partial charge in [-0.25, -0.2) is 0 Å². The number of rotatable bonds is 8. The number of hydrogen-bond donors (Lipinski definition) is 1. The van der Waals surface area contributed by atoms with Crippen LogP contribution in [0.4, 0.5) is 11.4 Å². The number of fused-ring (bicyclic) bond motifs is 1. The number of aromatic nitrogens is 4. The van der Waals surface area contributed by atoms with Gasteiger partial charge in [0.2, 0.25) is 0 Å². The van der Waals surface area contributed by atoms with Gasteiger partial charge in [0, 0.05) is 42.6 Å². The van der Waals surface area contributed by atoms with Crippen LogP contribution >= 0.6 is 11.6 Å². The summed E-state index contributed by atoms with van der Waals surface area (Å²) in [5.41, 5.74) is -0.442. The Kier molecular flexibility index (Phi) is 6.90. The molecule has 0 amide bonds. The van der Waals surface area contributed by atoms with Gasteiger partial charge in [0.25, 0.3) is 5.69 Å². The summed E-state index contributed by atoms with van der Waals surface area (Å²) in [5, 5.41) is 36.1. The Labute approximate surface area is 206 Å². The van der Waals surface area contributed by atoms with Gasteiger partial charge in [0.05, 0.1) is 24.6 Å². The third-order valence-electron chi connectivity index (χ3n) is 5.99. The summed E-state index contributed by atoms with van der Waals surface area (Å²) < 4.78 is 17.1. The average Bonchev–Trinajstić information content (AvgIpc) is 3.24. The van der Waals surface area contributed by atoms with Gasteiger partial charge in [-0.1, -0.05) is 11.6 Å². The first-order chi connectivity index (χ1) is 16.7. The van der Waals surface area contributed by atoms with Crippen molar-refractivity contribution in [2.45, 2.75) is 37.5 Å². The zero-order valence-electron chi connectivity index (χ0n) is 19.5. The number of hydrogen-bond acceptors (Lipinski definition) is 10. The van der Waals surface area contributed by atoms with E-state index in [1.165, 1.54) is 37.2 Å². The summed E-state index contributed by atoms with van der Waals surface area (Å²) >= 11 is 6.12. The highest BCUT2D eigenvalue weighted by atomic mass is 35.5. The molecule has 12 nitrogen and oxygen atoms in total. The molecule has 0 unspecified atom stereocenters. The highest BCUT2D eigenvalue weighted by molar-refractivity contribution is 6.30. The Bertz CT molecular complexity index is 1200. The van der Waals surface area contributed by atoms with Gasteiger partial charge in [-0.2, -0.15) is 4.80 Å². The smallest absolute Gasteiger partial charge is 0.270 e. The van der Waals surface area contributed by atoms with Crippen molar-refractivity contribution in [2.75, 3.05) is 19.1 Å². The minimum atomic E-state index is -1.38. The van der Waals surface area contributed by atoms with Crippen LogP contribution in [-0.4, -0.2) is 62.5 Å². The van der Waals surface area contributed by atoms with Gasteiger partial charge in [-0.05, 0) is 42.5 Å². The lowest BCUT2D eigenvalue weighted by Crippen LogP contribution is -2.62. The molecule has 0 aliphatic carbocycles. The maximum atomic E-state index is 11.8. The molecule has 4 rings (SSSR count). The van der Waals surface area contributed by atoms with Crippen LogP contribution in [-0.2, 0) is 23.1 Å². The van der Waals surface area contributed by atoms with E-state index in [1.807, 2.05) is 4.90 Å². The summed E-state index contributed by atoms with van der Waals surface area (Å²) in [7, 11) is 4.52. The normalized spacial score (nSPS) is 21.5. The third kappa shape index (κ3) is 4.65. The van der Waals surface area contributed by atoms with E-state index in [0.717, 1.165) is 0 Å². The third-order valence-corrected chi connectivity index (χ3v) is 6.24. The second-order valence-corrected chi connectivity index (χ2v) is 8.69. The topological polar surface area (TPSA) is 138 Å². The molecular formula is C22H25ClN6O6. The molecule has 186 valence electrons. The maximum Gasteiger partial charge on any atom is 0.270 e. The van der Waals surface area contributed by atoms with Gasteiger partial charge >= 0.3 is 0 Å². The van der Waals surface area contributed by atoms with Crippen LogP contribution in [0.5, 0.6) is 5.75 Å². The van der Waals surface area contributed by atoms with Crippen molar-refractivity contribution >= 4 is 23.0 Å². The number of non-ortho nitro benzene ring substituents is 1. The van der Waals surface area contributed by atoms with Crippen LogP contribution < -0.4 is 9.64 Å². The molecule has 0 saturated carbocycles. The first-order valence-corrected chi connectivity index (χ1v) is 11.0. The number of anilines is 1. The summed E-state index contributed by atoms with van der Waals surface area (Å²) in [6, 6.07) is 10.4. The molecule has 1 aliphatic rings. The van der Waals surface area contributed by atoms with Gasteiger partial charge < -0.3 is 24.2 Å². The number of benzene rings is 2. The number of aliphatic hydroxyl groups excluding tert-OH is 1. The molecule has 1 aromatic heterocycles. The Balaban J connectivity index is 1.92. The van der Waals surface area contributed by atoms with E-state index in [4.69, 9.17) is 25.8 Å². The molecular weight excluding hydrogens is 480 g/mol. The van der Waals surface area contributed by atoms with E-state index < -0.39 is 29.0 Å². The maximum absolute atomic E-state index is 11.8. The lowest BCUT2D eigenvalue weighted by molar-refractivity contribution is -0.385. The standard InChI is InChI=1S/C22H25ClN6O6/c1-22(21(33-3)34-4)20(30)19(16-11-15(29(31)32)9-10-17(16)35-22)28(12-18-24-26-27(2)25-18)14-7-5-13(23)6-8-14/h5-11,19-21,30H,12H2,1-4H3/t19-,20+,22-/m1/s1. The molecule has 13 heteroatoms. The number of aryl methyl sites for hydroxylation is 1. The summed E-state index contributed by atoms with van der Waals surface area (Å²) in [4.78, 5) is 14.2. The molecule has 35 heavy (non-hydrogen) atoms. The van der Waals surface area contributed by atoms with E-state index in [2.05, 4.69) is 15.4 Å². The quantitative estimate of drug-likeness (QED) is 0.276. The first kappa shape index (κ1) is 24.8. The molecule has 3 aromatic rings. The Morgan fingerprint density at radius 1 is 1.29 bits per heavy atom. The van der Waals surface area contributed by atoms with Crippen molar-refractivity contribution in [3.63, 3.8) is 0 Å². The minimum absolute atomic E-state index is 0.125. The second kappa shape index (κ2) is 9.74. The average molecular weight is 505 g/mol. The number of nitrogens with zero attached hydrogens (tertiary/aromatic N) is 6. The molecule has 0 radical (unpaired) electrons. The van der Waals surface area contributed by atoms with Crippen molar-refractivity contribution in [3.05, 3.63) is 69.0 Å². The molecule has 3 atom stereocenters. The number of methoxy groups -OCH3 is 2. The molecule has 0 spiro atoms. The number of halogens is 1. The van der Waals surface area contributed by atoms with Gasteiger partial charge in [-0.15, -0.1) is 10.2 Å². The molecule has 2 aromatic carbocycles. The van der Waals surface area contributed by atoms with E-state index >= 15 is 0 Å². The molecule has 0 saturated heterocycles. The number of ether oxygens (including phenoxy) is 3. The minimum Gasteiger partial charge on any atom is -0.479 e. The molecule has 2 heterocycles. The van der Waals surface area contributed by atoms with Crippen molar-refractivity contribution in [2.24, 2.45) is 7.05 Å². The van der Waals surface area contributed by atoms with Crippen molar-refractivity contribution in [1.82, 2.24) is 20.2 Å². The molecule has 0 bridgehead atoms. The highest BCUT2D eigenvalue weighted by Gasteiger charge is 2.54. The van der Waals surface area contributed by atoms with Crippen LogP contribution in [0.15, 0.2) is 42.5 Å². The fourth-order valence-corrected chi connectivity index (χ4v) is 4.49. The molecule has 0 fully saturated rings. The molecule has 1 N–H and O–H groups in total. The van der Waals surface area contributed by atoms with Crippen molar-refractivity contribution in [3.8, 4) is 5.75 Å². The summed E-state index contributed by atoms with van der Waals surface area (Å²) in [6.45, 7) is 1.79. The number of nitro groups is 1. The zero-order chi connectivity index (χ0) is 25.3. The lowest BCUT2D eigenvalue weighted by Gasteiger charge is -2.49. The van der Waals surface area contributed by atoms with E-state index in [0.29, 0.717) is 27.8 Å². The van der Waals surface area contributed by atoms with Crippen LogP contribution in [0.25, 0.3) is 0 Å². The van der Waals surface area contributed by atoms with Gasteiger partial charge in [0.15, 0.2) is 17.7 Å². The van der Waals surface area contributed by atoms with E-state index in [-0.39, 0.29) is 12.2 Å². The summed E-state index contributed by atoms with van der Waals surface area (Å²) in [5.74, 6) is 0.725. The summed E-state index contributed by atoms with van der Waals surface area (Å²) in [6.07, 6.45) is -2.22. The molecule has 1 aliphatic heterocycles. The van der Waals surface area contributed by atoms with Gasteiger partial charge in [-0.3, -0.25) is 10.1 Å². The monoisotopic (exact) mass is 504 g/mol. The van der Waals surface area contributed by atoms with Crippen LogP contribution in [0.2, 0.25) is 5.02 Å². The fourth-order valence-electron chi connectivity index (χ4n) is 4.37. The number of tetrazole rings is 1. The highest BCUT2D eigenvalue weighted by Crippen LogP contribution is 2.47. The SMILES string of the molecule is COC(OC)[C@]1(C)Oc2ccc([N+](=O)[O-])cc2[C@@H](N(Cc2nnn(C)n2)c2ccc(Cl)cc2)[C@@H]1O. The largest absolute Gasteiger partial charge is 0.479 e. The van der Waals surface area contributed by atoms with E-state index in [1.54, 1.807) is 38.2 Å². The van der Waals surface area contributed by atoms with Crippen molar-refractivity contribution in [1.29, 1.82) is 0 Å². The fraction of sp³-hybridized carbons (Fsp3) is 0.409. The van der Waals surface area contributed by atoms with Crippen molar-refractivity contribution < 1.29 is 24.2 Å². The van der Waals surface area contributed by atoms with Crippen LogP contribution in [0, 0.1) is 10.1 Å². The second-order valence-electron chi connectivity index (χ2n) is 8.26. The van der Waals surface area contributed by atoms with Crippen LogP contribution in [0.1, 0.15) is 24.4 Å². The Morgan fingerprint density at radius 3 is 2.54 bits per heavy atom.